The number of rotatable bonds is 5. The summed E-state index contributed by atoms with van der Waals surface area (Å²) in [5, 5.41) is 12.8. The Labute approximate surface area is 90.1 Å². The number of aliphatic hydroxyl groups excluding tert-OH is 1. The predicted molar refractivity (Wildman–Crippen MR) is 59.3 cm³/mol. The van der Waals surface area contributed by atoms with Gasteiger partial charge in [0.2, 0.25) is 0 Å². The van der Waals surface area contributed by atoms with E-state index in [0.717, 1.165) is 13.0 Å². The van der Waals surface area contributed by atoms with Gasteiger partial charge >= 0.3 is 0 Å². The smallest absolute Gasteiger partial charge is 0.126 e. The molecule has 1 rings (SSSR count). The minimum absolute atomic E-state index is 0.262. The molecule has 1 aromatic rings. The van der Waals surface area contributed by atoms with Gasteiger partial charge in [-0.1, -0.05) is 19.1 Å². The lowest BCUT2D eigenvalue weighted by molar-refractivity contribution is 0.174. The third kappa shape index (κ3) is 3.61. The molecule has 0 aliphatic carbocycles. The first-order valence-corrected chi connectivity index (χ1v) is 5.30. The van der Waals surface area contributed by atoms with Crippen molar-refractivity contribution in [2.75, 3.05) is 13.1 Å². The molecule has 0 saturated carbocycles. The number of benzene rings is 1. The highest BCUT2D eigenvalue weighted by molar-refractivity contribution is 5.25. The van der Waals surface area contributed by atoms with E-state index in [-0.39, 0.29) is 5.82 Å². The fourth-order valence-electron chi connectivity index (χ4n) is 1.35. The van der Waals surface area contributed by atoms with Crippen LogP contribution in [0.15, 0.2) is 18.2 Å². The second-order valence-electron chi connectivity index (χ2n) is 3.73. The van der Waals surface area contributed by atoms with Crippen molar-refractivity contribution in [3.63, 3.8) is 0 Å². The normalized spacial score (nSPS) is 12.8. The first kappa shape index (κ1) is 12.1. The standard InChI is InChI=1S/C12H18FNO/c1-3-6-14-8-12(15)10-5-4-9(2)11(13)7-10/h4-5,7,12,14-15H,3,6,8H2,1-2H3. The van der Waals surface area contributed by atoms with Crippen LogP contribution in [0, 0.1) is 12.7 Å². The Morgan fingerprint density at radius 3 is 2.80 bits per heavy atom. The van der Waals surface area contributed by atoms with Crippen LogP contribution in [0.3, 0.4) is 0 Å². The van der Waals surface area contributed by atoms with Crippen LogP contribution in [0.25, 0.3) is 0 Å². The van der Waals surface area contributed by atoms with Crippen LogP contribution in [0.5, 0.6) is 0 Å². The Morgan fingerprint density at radius 1 is 1.47 bits per heavy atom. The highest BCUT2D eigenvalue weighted by atomic mass is 19.1. The number of halogens is 1. The number of nitrogens with one attached hydrogen (secondary N) is 1. The van der Waals surface area contributed by atoms with E-state index in [2.05, 4.69) is 12.2 Å². The van der Waals surface area contributed by atoms with Gasteiger partial charge in [-0.15, -0.1) is 0 Å². The topological polar surface area (TPSA) is 32.3 Å². The molecular formula is C12H18FNO. The van der Waals surface area contributed by atoms with Crippen LogP contribution < -0.4 is 5.32 Å². The Balaban J connectivity index is 2.57. The molecule has 1 atom stereocenters. The van der Waals surface area contributed by atoms with Crippen molar-refractivity contribution in [2.24, 2.45) is 0 Å². The molecule has 2 nitrogen and oxygen atoms in total. The second kappa shape index (κ2) is 5.83. The zero-order chi connectivity index (χ0) is 11.3. The van der Waals surface area contributed by atoms with Gasteiger partial charge < -0.3 is 10.4 Å². The summed E-state index contributed by atoms with van der Waals surface area (Å²) in [6, 6.07) is 4.85. The van der Waals surface area contributed by atoms with E-state index in [9.17, 15) is 9.50 Å². The van der Waals surface area contributed by atoms with Crippen molar-refractivity contribution >= 4 is 0 Å². The van der Waals surface area contributed by atoms with E-state index in [4.69, 9.17) is 0 Å². The van der Waals surface area contributed by atoms with Crippen molar-refractivity contribution in [3.05, 3.63) is 35.1 Å². The van der Waals surface area contributed by atoms with E-state index in [0.29, 0.717) is 17.7 Å². The molecule has 0 saturated heterocycles. The second-order valence-corrected chi connectivity index (χ2v) is 3.73. The summed E-state index contributed by atoms with van der Waals surface area (Å²) in [7, 11) is 0. The summed E-state index contributed by atoms with van der Waals surface area (Å²) in [6.07, 6.45) is 0.390. The van der Waals surface area contributed by atoms with Gasteiger partial charge in [0.05, 0.1) is 6.10 Å². The average Bonchev–Trinajstić information content (AvgIpc) is 2.22. The van der Waals surface area contributed by atoms with Gasteiger partial charge in [-0.25, -0.2) is 4.39 Å². The van der Waals surface area contributed by atoms with Crippen molar-refractivity contribution in [1.82, 2.24) is 5.32 Å². The van der Waals surface area contributed by atoms with Crippen LogP contribution in [0.1, 0.15) is 30.6 Å². The molecule has 0 bridgehead atoms. The van der Waals surface area contributed by atoms with E-state index >= 15 is 0 Å². The van der Waals surface area contributed by atoms with Gasteiger partial charge in [-0.05, 0) is 37.1 Å². The zero-order valence-electron chi connectivity index (χ0n) is 9.26. The number of hydrogen-bond donors (Lipinski definition) is 2. The van der Waals surface area contributed by atoms with Crippen LogP contribution >= 0.6 is 0 Å². The molecule has 2 N–H and O–H groups in total. The van der Waals surface area contributed by atoms with E-state index in [1.54, 1.807) is 19.1 Å². The maximum absolute atomic E-state index is 13.2. The summed E-state index contributed by atoms with van der Waals surface area (Å²) in [5.41, 5.74) is 1.23. The summed E-state index contributed by atoms with van der Waals surface area (Å²) < 4.78 is 13.2. The molecule has 15 heavy (non-hydrogen) atoms. The summed E-state index contributed by atoms with van der Waals surface area (Å²) in [4.78, 5) is 0. The molecule has 0 aliphatic rings. The Kier molecular flexibility index (Phi) is 4.72. The van der Waals surface area contributed by atoms with Gasteiger partial charge in [0, 0.05) is 6.54 Å². The van der Waals surface area contributed by atoms with Gasteiger partial charge in [0.15, 0.2) is 0 Å². The Bertz CT molecular complexity index is 314. The van der Waals surface area contributed by atoms with Crippen LogP contribution in [-0.2, 0) is 0 Å². The fraction of sp³-hybridized carbons (Fsp3) is 0.500. The van der Waals surface area contributed by atoms with Crippen molar-refractivity contribution in [3.8, 4) is 0 Å². The molecule has 0 spiro atoms. The van der Waals surface area contributed by atoms with Crippen LogP contribution in [0.4, 0.5) is 4.39 Å². The first-order valence-electron chi connectivity index (χ1n) is 5.30. The van der Waals surface area contributed by atoms with Crippen molar-refractivity contribution < 1.29 is 9.50 Å². The van der Waals surface area contributed by atoms with E-state index in [1.807, 2.05) is 0 Å². The highest BCUT2D eigenvalue weighted by Crippen LogP contribution is 2.15. The monoisotopic (exact) mass is 211 g/mol. The average molecular weight is 211 g/mol. The maximum atomic E-state index is 13.2. The van der Waals surface area contributed by atoms with Crippen LogP contribution in [-0.4, -0.2) is 18.2 Å². The minimum atomic E-state index is -0.633. The maximum Gasteiger partial charge on any atom is 0.126 e. The molecule has 84 valence electrons. The molecule has 0 radical (unpaired) electrons. The van der Waals surface area contributed by atoms with Gasteiger partial charge in [-0.3, -0.25) is 0 Å². The number of aryl methyl sites for hydroxylation is 1. The highest BCUT2D eigenvalue weighted by Gasteiger charge is 2.08. The fourth-order valence-corrected chi connectivity index (χ4v) is 1.35. The molecule has 0 amide bonds. The summed E-state index contributed by atoms with van der Waals surface area (Å²) in [5.74, 6) is -0.262. The SMILES string of the molecule is CCCNCC(O)c1ccc(C)c(F)c1. The Morgan fingerprint density at radius 2 is 2.20 bits per heavy atom. The van der Waals surface area contributed by atoms with Gasteiger partial charge in [-0.2, -0.15) is 0 Å². The molecular weight excluding hydrogens is 193 g/mol. The summed E-state index contributed by atoms with van der Waals surface area (Å²) in [6.45, 7) is 5.10. The minimum Gasteiger partial charge on any atom is -0.387 e. The number of aliphatic hydroxyl groups is 1. The largest absolute Gasteiger partial charge is 0.387 e. The molecule has 1 unspecified atom stereocenters. The lowest BCUT2D eigenvalue weighted by Crippen LogP contribution is -2.22. The predicted octanol–water partition coefficient (Wildman–Crippen LogP) is 2.17. The first-order chi connectivity index (χ1) is 7.15. The number of hydrogen-bond acceptors (Lipinski definition) is 2. The molecule has 0 aliphatic heterocycles. The molecule has 0 fully saturated rings. The van der Waals surface area contributed by atoms with Crippen molar-refractivity contribution in [1.29, 1.82) is 0 Å². The summed E-state index contributed by atoms with van der Waals surface area (Å²) >= 11 is 0. The molecule has 1 aromatic carbocycles. The zero-order valence-corrected chi connectivity index (χ0v) is 9.26. The molecule has 3 heteroatoms. The lowest BCUT2D eigenvalue weighted by Gasteiger charge is -2.12. The third-order valence-corrected chi connectivity index (χ3v) is 2.35. The molecule has 0 heterocycles. The van der Waals surface area contributed by atoms with Gasteiger partial charge in [0.25, 0.3) is 0 Å². The Hall–Kier alpha value is -0.930. The van der Waals surface area contributed by atoms with E-state index < -0.39 is 6.10 Å². The van der Waals surface area contributed by atoms with Crippen molar-refractivity contribution in [2.45, 2.75) is 26.4 Å². The third-order valence-electron chi connectivity index (χ3n) is 2.35. The van der Waals surface area contributed by atoms with Crippen LogP contribution in [0.2, 0.25) is 0 Å². The molecule has 0 aromatic heterocycles. The quantitative estimate of drug-likeness (QED) is 0.731. The lowest BCUT2D eigenvalue weighted by atomic mass is 10.1. The van der Waals surface area contributed by atoms with E-state index in [1.165, 1.54) is 6.07 Å². The van der Waals surface area contributed by atoms with Gasteiger partial charge in [0.1, 0.15) is 5.82 Å².